The normalized spacial score (nSPS) is 24.5. The Morgan fingerprint density at radius 3 is 2.11 bits per heavy atom. The summed E-state index contributed by atoms with van der Waals surface area (Å²) < 4.78 is 0. The van der Waals surface area contributed by atoms with E-state index in [1.54, 1.807) is 0 Å². The van der Waals surface area contributed by atoms with Gasteiger partial charge in [0.2, 0.25) is 0 Å². The number of fused-ring (bicyclic) bond motifs is 1. The van der Waals surface area contributed by atoms with E-state index in [0.29, 0.717) is 11.8 Å². The molecule has 0 aromatic heterocycles. The molecule has 1 aromatic rings. The summed E-state index contributed by atoms with van der Waals surface area (Å²) in [7, 11) is 0. The first-order valence-electron chi connectivity index (χ1n) is 10.3. The van der Waals surface area contributed by atoms with Crippen molar-refractivity contribution >= 4 is 11.4 Å². The van der Waals surface area contributed by atoms with Crippen LogP contribution in [0.2, 0.25) is 0 Å². The van der Waals surface area contributed by atoms with Gasteiger partial charge in [-0.15, -0.1) is 0 Å². The molecular formula is C26H37N. The van der Waals surface area contributed by atoms with Gasteiger partial charge in [0.25, 0.3) is 0 Å². The maximum absolute atomic E-state index is 5.26. The lowest BCUT2D eigenvalue weighted by Crippen LogP contribution is -2.42. The molecule has 0 bridgehead atoms. The summed E-state index contributed by atoms with van der Waals surface area (Å²) in [5, 5.41) is 0. The molecule has 0 radical (unpaired) electrons. The number of nitrogens with zero attached hydrogens (tertiary/aromatic N) is 1. The highest BCUT2D eigenvalue weighted by molar-refractivity contribution is 6.13. The lowest BCUT2D eigenvalue weighted by Gasteiger charge is -2.46. The Kier molecular flexibility index (Phi) is 4.61. The van der Waals surface area contributed by atoms with Gasteiger partial charge in [0.05, 0.1) is 11.4 Å². The molecule has 0 fully saturated rings. The summed E-state index contributed by atoms with van der Waals surface area (Å²) in [5.74, 6) is 0.957. The topological polar surface area (TPSA) is 12.4 Å². The Bertz CT molecular complexity index is 847. The molecule has 1 aliphatic carbocycles. The van der Waals surface area contributed by atoms with Crippen molar-refractivity contribution in [2.75, 3.05) is 0 Å². The van der Waals surface area contributed by atoms with Gasteiger partial charge < -0.3 is 0 Å². The lowest BCUT2D eigenvalue weighted by molar-refractivity contribution is 0.136. The van der Waals surface area contributed by atoms with Crippen molar-refractivity contribution in [3.05, 3.63) is 52.6 Å². The average Bonchev–Trinajstić information content (AvgIpc) is 2.76. The van der Waals surface area contributed by atoms with Crippen LogP contribution in [0, 0.1) is 36.5 Å². The molecule has 3 rings (SSSR count). The molecule has 2 atom stereocenters. The maximum Gasteiger partial charge on any atom is 0.0704 e. The van der Waals surface area contributed by atoms with Crippen LogP contribution in [0.25, 0.3) is 0 Å². The highest BCUT2D eigenvalue weighted by Crippen LogP contribution is 2.52. The first-order valence-corrected chi connectivity index (χ1v) is 10.3. The van der Waals surface area contributed by atoms with Crippen LogP contribution in [0.5, 0.6) is 0 Å². The number of benzene rings is 1. The lowest BCUT2D eigenvalue weighted by atomic mass is 9.58. The minimum Gasteiger partial charge on any atom is -0.252 e. The fraction of sp³-hybridized carbons (Fsp3) is 0.577. The minimum absolute atomic E-state index is 0.0605. The zero-order chi connectivity index (χ0) is 20.4. The molecule has 1 heteroatoms. The largest absolute Gasteiger partial charge is 0.252 e. The van der Waals surface area contributed by atoms with E-state index in [9.17, 15) is 0 Å². The predicted octanol–water partition coefficient (Wildman–Crippen LogP) is 7.49. The zero-order valence-electron chi connectivity index (χ0n) is 19.0. The third-order valence-corrected chi connectivity index (χ3v) is 6.43. The molecule has 1 aliphatic heterocycles. The number of rotatable bonds is 1. The molecule has 1 heterocycles. The quantitative estimate of drug-likeness (QED) is 0.490. The summed E-state index contributed by atoms with van der Waals surface area (Å²) in [4.78, 5) is 5.26. The molecule has 0 spiro atoms. The van der Waals surface area contributed by atoms with E-state index in [0.717, 1.165) is 0 Å². The van der Waals surface area contributed by atoms with Crippen molar-refractivity contribution < 1.29 is 0 Å². The Labute approximate surface area is 166 Å². The fourth-order valence-corrected chi connectivity index (χ4v) is 5.10. The van der Waals surface area contributed by atoms with Crippen LogP contribution < -0.4 is 0 Å². The Morgan fingerprint density at radius 1 is 0.926 bits per heavy atom. The monoisotopic (exact) mass is 363 g/mol. The molecule has 0 saturated carbocycles. The number of aliphatic imine (C=N–C) groups is 1. The number of hydrogen-bond donors (Lipinski definition) is 0. The maximum atomic E-state index is 5.26. The standard InChI is InChI=1S/C26H37N/c1-16-14-17(2)22-20(15-16)26(9,10)23(27-22)18-12-11-13-19(24(3,4)5)21(18)25(6,7)8/h11-15,19,21H,1-10H3/t19-,21-/m1/s1. The third kappa shape index (κ3) is 3.35. The van der Waals surface area contributed by atoms with Crippen LogP contribution in [0.1, 0.15) is 72.1 Å². The van der Waals surface area contributed by atoms with Crippen molar-refractivity contribution in [1.82, 2.24) is 0 Å². The molecule has 2 aliphatic rings. The summed E-state index contributed by atoms with van der Waals surface area (Å²) in [6.45, 7) is 23.3. The van der Waals surface area contributed by atoms with Gasteiger partial charge in [-0.25, -0.2) is 0 Å². The first kappa shape index (κ1) is 20.1. The summed E-state index contributed by atoms with van der Waals surface area (Å²) in [5.41, 5.74) is 8.22. The van der Waals surface area contributed by atoms with Crippen LogP contribution in [0.4, 0.5) is 5.69 Å². The molecule has 27 heavy (non-hydrogen) atoms. The second kappa shape index (κ2) is 6.19. The van der Waals surface area contributed by atoms with Gasteiger partial charge in [-0.05, 0) is 53.2 Å². The van der Waals surface area contributed by atoms with Gasteiger partial charge in [0.1, 0.15) is 0 Å². The molecule has 1 nitrogen and oxygen atoms in total. The summed E-state index contributed by atoms with van der Waals surface area (Å²) >= 11 is 0. The van der Waals surface area contributed by atoms with Crippen LogP contribution in [-0.2, 0) is 5.41 Å². The van der Waals surface area contributed by atoms with Crippen LogP contribution >= 0.6 is 0 Å². The van der Waals surface area contributed by atoms with E-state index in [1.807, 2.05) is 0 Å². The van der Waals surface area contributed by atoms with Gasteiger partial charge >= 0.3 is 0 Å². The third-order valence-electron chi connectivity index (χ3n) is 6.43. The zero-order valence-corrected chi connectivity index (χ0v) is 19.0. The highest BCUT2D eigenvalue weighted by atomic mass is 14.8. The SMILES string of the molecule is Cc1cc(C)c2c(c1)C(C)(C)C(C1=CC=C[C@@H](C(C)(C)C)[C@@H]1C(C)(C)C)=N2. The average molecular weight is 364 g/mol. The highest BCUT2D eigenvalue weighted by Gasteiger charge is 2.46. The van der Waals surface area contributed by atoms with Gasteiger partial charge in [-0.1, -0.05) is 91.3 Å². The first-order chi connectivity index (χ1) is 12.2. The van der Waals surface area contributed by atoms with E-state index in [1.165, 1.54) is 33.7 Å². The van der Waals surface area contributed by atoms with E-state index < -0.39 is 0 Å². The molecule has 146 valence electrons. The number of aryl methyl sites for hydroxylation is 2. The molecule has 0 saturated heterocycles. The predicted molar refractivity (Wildman–Crippen MR) is 119 cm³/mol. The fourth-order valence-electron chi connectivity index (χ4n) is 5.10. The molecule has 0 amide bonds. The molecule has 0 unspecified atom stereocenters. The van der Waals surface area contributed by atoms with Crippen molar-refractivity contribution in [3.63, 3.8) is 0 Å². The van der Waals surface area contributed by atoms with Crippen LogP contribution in [0.3, 0.4) is 0 Å². The molecular weight excluding hydrogens is 326 g/mol. The van der Waals surface area contributed by atoms with Gasteiger partial charge in [0, 0.05) is 5.41 Å². The van der Waals surface area contributed by atoms with Gasteiger partial charge in [-0.2, -0.15) is 0 Å². The second-order valence-corrected chi connectivity index (χ2v) is 11.3. The minimum atomic E-state index is -0.0605. The Hall–Kier alpha value is -1.63. The Morgan fingerprint density at radius 2 is 1.56 bits per heavy atom. The smallest absolute Gasteiger partial charge is 0.0704 e. The molecule has 1 aromatic carbocycles. The van der Waals surface area contributed by atoms with Crippen molar-refractivity contribution in [1.29, 1.82) is 0 Å². The van der Waals surface area contributed by atoms with Crippen molar-refractivity contribution in [3.8, 4) is 0 Å². The Balaban J connectivity index is 2.18. The van der Waals surface area contributed by atoms with E-state index in [2.05, 4.69) is 99.6 Å². The van der Waals surface area contributed by atoms with E-state index in [4.69, 9.17) is 4.99 Å². The van der Waals surface area contributed by atoms with Crippen LogP contribution in [-0.4, -0.2) is 5.71 Å². The van der Waals surface area contributed by atoms with Crippen LogP contribution in [0.15, 0.2) is 40.9 Å². The molecule has 0 N–H and O–H groups in total. The van der Waals surface area contributed by atoms with Crippen molar-refractivity contribution in [2.24, 2.45) is 27.7 Å². The van der Waals surface area contributed by atoms with E-state index in [-0.39, 0.29) is 16.2 Å². The number of allylic oxidation sites excluding steroid dienone is 4. The van der Waals surface area contributed by atoms with Gasteiger partial charge in [0.15, 0.2) is 0 Å². The second-order valence-electron chi connectivity index (χ2n) is 11.3. The summed E-state index contributed by atoms with van der Waals surface area (Å²) in [6, 6.07) is 4.60. The van der Waals surface area contributed by atoms with Gasteiger partial charge in [-0.3, -0.25) is 4.99 Å². The van der Waals surface area contributed by atoms with Crippen molar-refractivity contribution in [2.45, 2.75) is 74.7 Å². The van der Waals surface area contributed by atoms with E-state index >= 15 is 0 Å². The number of hydrogen-bond acceptors (Lipinski definition) is 1. The summed E-state index contributed by atoms with van der Waals surface area (Å²) in [6.07, 6.45) is 7.03.